The van der Waals surface area contributed by atoms with E-state index in [1.807, 2.05) is 18.2 Å². The molecular weight excluding hydrogens is 331 g/mol. The van der Waals surface area contributed by atoms with E-state index in [-0.39, 0.29) is 5.82 Å². The molecule has 2 nitrogen and oxygen atoms in total. The minimum Gasteiger partial charge on any atom is -0.342 e. The number of H-pyrrole nitrogens is 1. The summed E-state index contributed by atoms with van der Waals surface area (Å²) in [5.74, 6) is 0.412. The van der Waals surface area contributed by atoms with E-state index in [1.54, 1.807) is 12.1 Å². The van der Waals surface area contributed by atoms with Gasteiger partial charge < -0.3 is 4.98 Å². The Morgan fingerprint density at radius 2 is 2.11 bits per heavy atom. The highest BCUT2D eigenvalue weighted by molar-refractivity contribution is 9.10. The third kappa shape index (κ3) is 2.51. The van der Waals surface area contributed by atoms with Gasteiger partial charge >= 0.3 is 0 Å². The first-order valence-corrected chi connectivity index (χ1v) is 6.87. The predicted molar refractivity (Wildman–Crippen MR) is 78.0 cm³/mol. The van der Waals surface area contributed by atoms with Crippen LogP contribution in [0.5, 0.6) is 0 Å². The first kappa shape index (κ1) is 12.6. The van der Waals surface area contributed by atoms with Crippen LogP contribution in [0.2, 0.25) is 5.02 Å². The van der Waals surface area contributed by atoms with Crippen molar-refractivity contribution >= 4 is 38.6 Å². The smallest absolute Gasteiger partial charge is 0.128 e. The number of imidazole rings is 1. The summed E-state index contributed by atoms with van der Waals surface area (Å²) >= 11 is 9.18. The zero-order valence-electron chi connectivity index (χ0n) is 9.75. The molecule has 19 heavy (non-hydrogen) atoms. The number of para-hydroxylation sites is 1. The molecule has 0 aliphatic heterocycles. The Morgan fingerprint density at radius 3 is 2.84 bits per heavy atom. The molecule has 3 aromatic rings. The number of hydrogen-bond donors (Lipinski definition) is 1. The Bertz CT molecular complexity index is 754. The summed E-state index contributed by atoms with van der Waals surface area (Å²) in [6.07, 6.45) is 0.407. The molecule has 1 heterocycles. The zero-order valence-corrected chi connectivity index (χ0v) is 12.1. The predicted octanol–water partition coefficient (Wildman–Crippen LogP) is 4.71. The molecule has 0 bridgehead atoms. The Hall–Kier alpha value is -1.39. The number of aromatic nitrogens is 2. The maximum atomic E-state index is 13.7. The maximum absolute atomic E-state index is 13.7. The molecule has 3 rings (SSSR count). The molecule has 5 heteroatoms. The lowest BCUT2D eigenvalue weighted by atomic mass is 10.1. The van der Waals surface area contributed by atoms with Crippen molar-refractivity contribution in [2.45, 2.75) is 6.42 Å². The number of nitrogens with one attached hydrogen (secondary N) is 1. The third-order valence-electron chi connectivity index (χ3n) is 2.89. The second-order valence-electron chi connectivity index (χ2n) is 4.23. The first-order chi connectivity index (χ1) is 9.13. The molecule has 1 N–H and O–H groups in total. The minimum atomic E-state index is -0.313. The second kappa shape index (κ2) is 4.94. The highest BCUT2D eigenvalue weighted by atomic mass is 79.9. The molecule has 0 amide bonds. The molecule has 0 fully saturated rings. The number of nitrogens with zero attached hydrogens (tertiary/aromatic N) is 1. The summed E-state index contributed by atoms with van der Waals surface area (Å²) in [7, 11) is 0. The molecule has 0 spiro atoms. The van der Waals surface area contributed by atoms with Gasteiger partial charge in [-0.25, -0.2) is 9.37 Å². The van der Waals surface area contributed by atoms with Crippen molar-refractivity contribution in [2.24, 2.45) is 0 Å². The first-order valence-electron chi connectivity index (χ1n) is 5.70. The van der Waals surface area contributed by atoms with Crippen LogP contribution >= 0.6 is 27.5 Å². The molecule has 96 valence electrons. The van der Waals surface area contributed by atoms with Crippen LogP contribution in [-0.4, -0.2) is 9.97 Å². The van der Waals surface area contributed by atoms with Crippen molar-refractivity contribution in [1.82, 2.24) is 9.97 Å². The van der Waals surface area contributed by atoms with Crippen molar-refractivity contribution in [2.75, 3.05) is 0 Å². The standard InChI is InChI=1S/C14H9BrClFN2/c15-10-2-1-3-12-14(10)19-13(18-12)6-8-4-5-9(16)7-11(8)17/h1-5,7H,6H2,(H,18,19). The highest BCUT2D eigenvalue weighted by Crippen LogP contribution is 2.23. The summed E-state index contributed by atoms with van der Waals surface area (Å²) in [6, 6.07) is 10.5. The van der Waals surface area contributed by atoms with Gasteiger partial charge in [0.1, 0.15) is 17.2 Å². The topological polar surface area (TPSA) is 28.7 Å². The molecular formula is C14H9BrClFN2. The van der Waals surface area contributed by atoms with E-state index in [2.05, 4.69) is 25.9 Å². The van der Waals surface area contributed by atoms with E-state index in [1.165, 1.54) is 6.07 Å². The fraction of sp³-hybridized carbons (Fsp3) is 0.0714. The molecule has 0 unspecified atom stereocenters. The lowest BCUT2D eigenvalue weighted by molar-refractivity contribution is 0.612. The second-order valence-corrected chi connectivity index (χ2v) is 5.52. The van der Waals surface area contributed by atoms with Gasteiger partial charge in [0, 0.05) is 15.9 Å². The molecule has 0 saturated carbocycles. The van der Waals surface area contributed by atoms with Crippen molar-refractivity contribution < 1.29 is 4.39 Å². The Balaban J connectivity index is 1.99. The summed E-state index contributed by atoms with van der Waals surface area (Å²) in [5.41, 5.74) is 2.35. The van der Waals surface area contributed by atoms with Crippen LogP contribution in [0.3, 0.4) is 0 Å². The summed E-state index contributed by atoms with van der Waals surface area (Å²) in [5, 5.41) is 0.397. The monoisotopic (exact) mass is 338 g/mol. The van der Waals surface area contributed by atoms with Crippen molar-refractivity contribution in [1.29, 1.82) is 0 Å². The van der Waals surface area contributed by atoms with Crippen LogP contribution in [0.15, 0.2) is 40.9 Å². The molecule has 0 atom stereocenters. The third-order valence-corrected chi connectivity index (χ3v) is 3.76. The molecule has 2 aromatic carbocycles. The van der Waals surface area contributed by atoms with Gasteiger partial charge in [-0.3, -0.25) is 0 Å². The van der Waals surface area contributed by atoms with Crippen LogP contribution < -0.4 is 0 Å². The van der Waals surface area contributed by atoms with E-state index in [9.17, 15) is 4.39 Å². The van der Waals surface area contributed by atoms with Gasteiger partial charge in [0.05, 0.1) is 5.52 Å². The van der Waals surface area contributed by atoms with E-state index >= 15 is 0 Å². The highest BCUT2D eigenvalue weighted by Gasteiger charge is 2.09. The lowest BCUT2D eigenvalue weighted by Gasteiger charge is -2.00. The summed E-state index contributed by atoms with van der Waals surface area (Å²) in [4.78, 5) is 7.65. The van der Waals surface area contributed by atoms with Gasteiger partial charge in [0.2, 0.25) is 0 Å². The van der Waals surface area contributed by atoms with Gasteiger partial charge in [-0.1, -0.05) is 23.7 Å². The number of halogens is 3. The number of aromatic amines is 1. The molecule has 0 aliphatic carbocycles. The van der Waals surface area contributed by atoms with Crippen molar-refractivity contribution in [3.8, 4) is 0 Å². The van der Waals surface area contributed by atoms with Crippen LogP contribution in [0.25, 0.3) is 11.0 Å². The van der Waals surface area contributed by atoms with Crippen LogP contribution in [0.1, 0.15) is 11.4 Å². The minimum absolute atomic E-state index is 0.313. The van der Waals surface area contributed by atoms with Gasteiger partial charge in [0.15, 0.2) is 0 Å². The lowest BCUT2D eigenvalue weighted by Crippen LogP contribution is -1.94. The zero-order chi connectivity index (χ0) is 13.4. The summed E-state index contributed by atoms with van der Waals surface area (Å²) < 4.78 is 14.7. The van der Waals surface area contributed by atoms with E-state index in [0.717, 1.165) is 21.3 Å². The van der Waals surface area contributed by atoms with Crippen LogP contribution in [0, 0.1) is 5.82 Å². The van der Waals surface area contributed by atoms with Crippen molar-refractivity contribution in [3.63, 3.8) is 0 Å². The Kier molecular flexibility index (Phi) is 3.29. The van der Waals surface area contributed by atoms with Crippen LogP contribution in [0.4, 0.5) is 4.39 Å². The van der Waals surface area contributed by atoms with E-state index < -0.39 is 0 Å². The maximum Gasteiger partial charge on any atom is 0.128 e. The average Bonchev–Trinajstić information content (AvgIpc) is 2.77. The van der Waals surface area contributed by atoms with E-state index in [4.69, 9.17) is 11.6 Å². The fourth-order valence-corrected chi connectivity index (χ4v) is 2.59. The van der Waals surface area contributed by atoms with Crippen LogP contribution in [-0.2, 0) is 6.42 Å². The largest absolute Gasteiger partial charge is 0.342 e. The molecule has 0 saturated heterocycles. The molecule has 0 aliphatic rings. The average molecular weight is 340 g/mol. The SMILES string of the molecule is Fc1cc(Cl)ccc1Cc1nc2c(Br)cccc2[nH]1. The summed E-state index contributed by atoms with van der Waals surface area (Å²) in [6.45, 7) is 0. The fourth-order valence-electron chi connectivity index (χ4n) is 1.98. The molecule has 0 radical (unpaired) electrons. The number of benzene rings is 2. The van der Waals surface area contributed by atoms with E-state index in [0.29, 0.717) is 17.0 Å². The normalized spacial score (nSPS) is 11.1. The number of fused-ring (bicyclic) bond motifs is 1. The van der Waals surface area contributed by atoms with Crippen molar-refractivity contribution in [3.05, 3.63) is 63.1 Å². The number of rotatable bonds is 2. The Labute approximate surface area is 122 Å². The Morgan fingerprint density at radius 1 is 1.26 bits per heavy atom. The van der Waals surface area contributed by atoms with Gasteiger partial charge in [0.25, 0.3) is 0 Å². The quantitative estimate of drug-likeness (QED) is 0.720. The van der Waals surface area contributed by atoms with Gasteiger partial charge in [-0.2, -0.15) is 0 Å². The van der Waals surface area contributed by atoms with Gasteiger partial charge in [-0.05, 0) is 45.8 Å². The number of hydrogen-bond acceptors (Lipinski definition) is 1. The van der Waals surface area contributed by atoms with Gasteiger partial charge in [-0.15, -0.1) is 0 Å². The molecule has 1 aromatic heterocycles.